The van der Waals surface area contributed by atoms with Crippen molar-refractivity contribution in [3.05, 3.63) is 0 Å². The zero-order valence-corrected chi connectivity index (χ0v) is 11.6. The molecule has 0 heterocycles. The van der Waals surface area contributed by atoms with Crippen LogP contribution in [0.2, 0.25) is 0 Å². The highest BCUT2D eigenvalue weighted by molar-refractivity contribution is 5.70. The van der Waals surface area contributed by atoms with E-state index in [1.807, 2.05) is 20.8 Å². The summed E-state index contributed by atoms with van der Waals surface area (Å²) in [6.45, 7) is 6.42. The number of ether oxygens (including phenoxy) is 1. The van der Waals surface area contributed by atoms with E-state index in [0.29, 0.717) is 13.0 Å². The van der Waals surface area contributed by atoms with Crippen LogP contribution in [0.25, 0.3) is 0 Å². The minimum absolute atomic E-state index is 0.0622. The molecule has 0 unspecified atom stereocenters. The summed E-state index contributed by atoms with van der Waals surface area (Å²) < 4.78 is 5.43. The SMILES string of the molecule is CC(C)(C)OC(=O)CC1(CCN)CCCCC1. The van der Waals surface area contributed by atoms with Crippen molar-refractivity contribution < 1.29 is 9.53 Å². The van der Waals surface area contributed by atoms with E-state index in [1.54, 1.807) is 0 Å². The van der Waals surface area contributed by atoms with Gasteiger partial charge in [0.25, 0.3) is 0 Å². The molecule has 1 saturated carbocycles. The first-order valence-corrected chi connectivity index (χ1v) is 6.79. The molecule has 1 rings (SSSR count). The molecule has 3 nitrogen and oxygen atoms in total. The Kier molecular flexibility index (Phi) is 4.99. The second-order valence-electron chi connectivity index (χ2n) is 6.36. The third-order valence-corrected chi connectivity index (χ3v) is 3.53. The second kappa shape index (κ2) is 5.85. The summed E-state index contributed by atoms with van der Waals surface area (Å²) in [5, 5.41) is 0. The van der Waals surface area contributed by atoms with Crippen molar-refractivity contribution in [3.8, 4) is 0 Å². The first kappa shape index (κ1) is 14.5. The smallest absolute Gasteiger partial charge is 0.306 e. The number of rotatable bonds is 4. The monoisotopic (exact) mass is 241 g/mol. The van der Waals surface area contributed by atoms with Crippen molar-refractivity contribution in [2.75, 3.05) is 6.54 Å². The predicted molar refractivity (Wildman–Crippen MR) is 69.7 cm³/mol. The van der Waals surface area contributed by atoms with Gasteiger partial charge in [0.1, 0.15) is 5.60 Å². The molecule has 0 spiro atoms. The molecular weight excluding hydrogens is 214 g/mol. The molecule has 0 amide bonds. The average Bonchev–Trinajstić information content (AvgIpc) is 2.15. The largest absolute Gasteiger partial charge is 0.460 e. The lowest BCUT2D eigenvalue weighted by molar-refractivity contribution is -0.158. The molecule has 0 radical (unpaired) electrons. The van der Waals surface area contributed by atoms with Gasteiger partial charge in [-0.25, -0.2) is 0 Å². The zero-order valence-electron chi connectivity index (χ0n) is 11.6. The predicted octanol–water partition coefficient (Wildman–Crippen LogP) is 3.02. The molecule has 0 aromatic heterocycles. The molecule has 2 N–H and O–H groups in total. The molecule has 17 heavy (non-hydrogen) atoms. The van der Waals surface area contributed by atoms with Gasteiger partial charge < -0.3 is 10.5 Å². The maximum atomic E-state index is 11.9. The summed E-state index contributed by atoms with van der Waals surface area (Å²) in [6, 6.07) is 0. The summed E-state index contributed by atoms with van der Waals surface area (Å²) in [5.74, 6) is -0.0622. The van der Waals surface area contributed by atoms with Gasteiger partial charge in [-0.05, 0) is 52.0 Å². The van der Waals surface area contributed by atoms with Crippen LogP contribution in [0.15, 0.2) is 0 Å². The highest BCUT2D eigenvalue weighted by atomic mass is 16.6. The maximum absolute atomic E-state index is 11.9. The summed E-state index contributed by atoms with van der Waals surface area (Å²) in [6.07, 6.45) is 7.49. The van der Waals surface area contributed by atoms with Gasteiger partial charge in [-0.3, -0.25) is 4.79 Å². The highest BCUT2D eigenvalue weighted by Gasteiger charge is 2.35. The number of hydrogen-bond donors (Lipinski definition) is 1. The Morgan fingerprint density at radius 1 is 1.24 bits per heavy atom. The molecule has 3 heteroatoms. The molecule has 0 aromatic carbocycles. The van der Waals surface area contributed by atoms with Crippen LogP contribution in [-0.2, 0) is 9.53 Å². The van der Waals surface area contributed by atoms with Crippen LogP contribution in [0.4, 0.5) is 0 Å². The molecular formula is C14H27NO2. The maximum Gasteiger partial charge on any atom is 0.306 e. The van der Waals surface area contributed by atoms with E-state index in [9.17, 15) is 4.79 Å². The highest BCUT2D eigenvalue weighted by Crippen LogP contribution is 2.42. The van der Waals surface area contributed by atoms with Gasteiger partial charge in [0, 0.05) is 0 Å². The minimum Gasteiger partial charge on any atom is -0.460 e. The fourth-order valence-corrected chi connectivity index (χ4v) is 2.81. The third kappa shape index (κ3) is 5.07. The Hall–Kier alpha value is -0.570. The van der Waals surface area contributed by atoms with Crippen LogP contribution in [-0.4, -0.2) is 18.1 Å². The fraction of sp³-hybridized carbons (Fsp3) is 0.929. The lowest BCUT2D eigenvalue weighted by Gasteiger charge is -2.37. The summed E-state index contributed by atoms with van der Waals surface area (Å²) in [5.41, 5.74) is 5.44. The van der Waals surface area contributed by atoms with E-state index in [0.717, 1.165) is 19.3 Å². The van der Waals surface area contributed by atoms with Crippen molar-refractivity contribution in [2.24, 2.45) is 11.1 Å². The quantitative estimate of drug-likeness (QED) is 0.770. The van der Waals surface area contributed by atoms with E-state index < -0.39 is 0 Å². The van der Waals surface area contributed by atoms with Gasteiger partial charge in [-0.15, -0.1) is 0 Å². The van der Waals surface area contributed by atoms with E-state index in [1.165, 1.54) is 19.3 Å². The average molecular weight is 241 g/mol. The molecule has 0 bridgehead atoms. The Bertz CT molecular complexity index is 244. The molecule has 0 atom stereocenters. The number of hydrogen-bond acceptors (Lipinski definition) is 3. The van der Waals surface area contributed by atoms with E-state index in [-0.39, 0.29) is 17.0 Å². The lowest BCUT2D eigenvalue weighted by atomic mass is 9.69. The fourth-order valence-electron chi connectivity index (χ4n) is 2.81. The van der Waals surface area contributed by atoms with Crippen molar-refractivity contribution in [3.63, 3.8) is 0 Å². The Morgan fingerprint density at radius 3 is 2.29 bits per heavy atom. The van der Waals surface area contributed by atoms with Gasteiger partial charge in [-0.1, -0.05) is 19.3 Å². The van der Waals surface area contributed by atoms with E-state index >= 15 is 0 Å². The van der Waals surface area contributed by atoms with E-state index in [2.05, 4.69) is 0 Å². The minimum atomic E-state index is -0.379. The molecule has 100 valence electrons. The van der Waals surface area contributed by atoms with Gasteiger partial charge in [-0.2, -0.15) is 0 Å². The standard InChI is InChI=1S/C14H27NO2/c1-13(2,3)17-12(16)11-14(9-10-15)7-5-4-6-8-14/h4-11,15H2,1-3H3. The zero-order chi connectivity index (χ0) is 12.9. The first-order valence-electron chi connectivity index (χ1n) is 6.79. The Balaban J connectivity index is 2.57. The van der Waals surface area contributed by atoms with Gasteiger partial charge in [0.15, 0.2) is 0 Å². The number of carbonyl (C=O) groups excluding carboxylic acids is 1. The molecule has 0 aliphatic heterocycles. The summed E-state index contributed by atoms with van der Waals surface area (Å²) in [7, 11) is 0. The van der Waals surface area contributed by atoms with Crippen LogP contribution in [0.3, 0.4) is 0 Å². The van der Waals surface area contributed by atoms with Gasteiger partial charge >= 0.3 is 5.97 Å². The third-order valence-electron chi connectivity index (χ3n) is 3.53. The topological polar surface area (TPSA) is 52.3 Å². The van der Waals surface area contributed by atoms with Crippen molar-refractivity contribution in [1.82, 2.24) is 0 Å². The van der Waals surface area contributed by atoms with Crippen LogP contribution in [0.5, 0.6) is 0 Å². The Labute approximate surface area is 105 Å². The number of carbonyl (C=O) groups is 1. The lowest BCUT2D eigenvalue weighted by Crippen LogP contribution is -2.33. The van der Waals surface area contributed by atoms with Crippen LogP contribution >= 0.6 is 0 Å². The van der Waals surface area contributed by atoms with Crippen molar-refractivity contribution in [2.45, 2.75) is 71.3 Å². The number of esters is 1. The van der Waals surface area contributed by atoms with Crippen molar-refractivity contribution >= 4 is 5.97 Å². The van der Waals surface area contributed by atoms with Crippen LogP contribution < -0.4 is 5.73 Å². The Morgan fingerprint density at radius 2 is 1.82 bits per heavy atom. The van der Waals surface area contributed by atoms with E-state index in [4.69, 9.17) is 10.5 Å². The summed E-state index contributed by atoms with van der Waals surface area (Å²) in [4.78, 5) is 11.9. The molecule has 1 aliphatic carbocycles. The van der Waals surface area contributed by atoms with Crippen LogP contribution in [0.1, 0.15) is 65.7 Å². The number of nitrogens with two attached hydrogens (primary N) is 1. The van der Waals surface area contributed by atoms with Gasteiger partial charge in [0.05, 0.1) is 6.42 Å². The van der Waals surface area contributed by atoms with Crippen molar-refractivity contribution in [1.29, 1.82) is 0 Å². The normalized spacial score (nSPS) is 20.0. The summed E-state index contributed by atoms with van der Waals surface area (Å²) >= 11 is 0. The molecule has 0 saturated heterocycles. The first-order chi connectivity index (χ1) is 7.87. The molecule has 0 aromatic rings. The molecule has 1 fully saturated rings. The van der Waals surface area contributed by atoms with Gasteiger partial charge in [0.2, 0.25) is 0 Å². The molecule has 1 aliphatic rings. The van der Waals surface area contributed by atoms with Crippen LogP contribution in [0, 0.1) is 5.41 Å². The second-order valence-corrected chi connectivity index (χ2v) is 6.36.